The van der Waals surface area contributed by atoms with Crippen LogP contribution in [-0.4, -0.2) is 24.7 Å². The Kier molecular flexibility index (Phi) is 5.25. The first-order valence-electron chi connectivity index (χ1n) is 8.16. The summed E-state index contributed by atoms with van der Waals surface area (Å²) >= 11 is 0. The number of hydrogen-bond donors (Lipinski definition) is 0. The molecule has 0 atom stereocenters. The van der Waals surface area contributed by atoms with Gasteiger partial charge in [0.2, 0.25) is 0 Å². The zero-order chi connectivity index (χ0) is 15.2. The van der Waals surface area contributed by atoms with Crippen molar-refractivity contribution in [2.75, 3.05) is 13.7 Å². The lowest BCUT2D eigenvalue weighted by molar-refractivity contribution is 0.0216. The van der Waals surface area contributed by atoms with E-state index >= 15 is 0 Å². The highest BCUT2D eigenvalue weighted by Gasteiger charge is 2.33. The Morgan fingerprint density at radius 1 is 0.864 bits per heavy atom. The molecular formula is C20H25NO. The molecule has 2 aromatic rings. The minimum atomic E-state index is 0.681. The highest BCUT2D eigenvalue weighted by atomic mass is 16.5. The highest BCUT2D eigenvalue weighted by molar-refractivity contribution is 5.17. The third-order valence-corrected chi connectivity index (χ3v) is 4.59. The SMILES string of the molecule is COC[C@H]1C[C@@H](N(Cc2ccccc2)Cc2ccccc2)C1. The van der Waals surface area contributed by atoms with Crippen molar-refractivity contribution >= 4 is 0 Å². The molecule has 22 heavy (non-hydrogen) atoms. The molecule has 1 saturated carbocycles. The summed E-state index contributed by atoms with van der Waals surface area (Å²) in [7, 11) is 1.80. The van der Waals surface area contributed by atoms with E-state index in [1.165, 1.54) is 24.0 Å². The zero-order valence-corrected chi connectivity index (χ0v) is 13.3. The summed E-state index contributed by atoms with van der Waals surface area (Å²) < 4.78 is 5.29. The maximum Gasteiger partial charge on any atom is 0.0491 e. The molecule has 2 nitrogen and oxygen atoms in total. The first-order valence-corrected chi connectivity index (χ1v) is 8.16. The van der Waals surface area contributed by atoms with Crippen molar-refractivity contribution in [3.63, 3.8) is 0 Å². The summed E-state index contributed by atoms with van der Waals surface area (Å²) in [5, 5.41) is 0. The average Bonchev–Trinajstić information content (AvgIpc) is 2.52. The monoisotopic (exact) mass is 295 g/mol. The molecule has 0 saturated heterocycles. The van der Waals surface area contributed by atoms with E-state index in [1.807, 2.05) is 0 Å². The van der Waals surface area contributed by atoms with Gasteiger partial charge in [0.25, 0.3) is 0 Å². The largest absolute Gasteiger partial charge is 0.384 e. The van der Waals surface area contributed by atoms with Crippen LogP contribution in [0.15, 0.2) is 60.7 Å². The highest BCUT2D eigenvalue weighted by Crippen LogP contribution is 2.33. The minimum absolute atomic E-state index is 0.681. The van der Waals surface area contributed by atoms with Crippen LogP contribution in [0.2, 0.25) is 0 Å². The summed E-state index contributed by atoms with van der Waals surface area (Å²) in [6, 6.07) is 22.3. The molecule has 0 aromatic heterocycles. The van der Waals surface area contributed by atoms with Crippen LogP contribution in [-0.2, 0) is 17.8 Å². The molecule has 0 spiro atoms. The van der Waals surface area contributed by atoms with Crippen LogP contribution >= 0.6 is 0 Å². The van der Waals surface area contributed by atoms with Gasteiger partial charge in [0.15, 0.2) is 0 Å². The molecule has 0 amide bonds. The second-order valence-electron chi connectivity index (χ2n) is 6.32. The fourth-order valence-electron chi connectivity index (χ4n) is 3.32. The van der Waals surface area contributed by atoms with Gasteiger partial charge in [0.05, 0.1) is 0 Å². The van der Waals surface area contributed by atoms with Gasteiger partial charge in [-0.3, -0.25) is 4.90 Å². The number of ether oxygens (including phenoxy) is 1. The topological polar surface area (TPSA) is 12.5 Å². The summed E-state index contributed by atoms with van der Waals surface area (Å²) in [5.74, 6) is 0.740. The molecular weight excluding hydrogens is 270 g/mol. The Bertz CT molecular complexity index is 507. The van der Waals surface area contributed by atoms with E-state index < -0.39 is 0 Å². The van der Waals surface area contributed by atoms with Crippen LogP contribution in [0.1, 0.15) is 24.0 Å². The van der Waals surface area contributed by atoms with Gasteiger partial charge in [-0.05, 0) is 29.9 Å². The van der Waals surface area contributed by atoms with Gasteiger partial charge in [-0.25, -0.2) is 0 Å². The van der Waals surface area contributed by atoms with Crippen molar-refractivity contribution in [1.82, 2.24) is 4.90 Å². The zero-order valence-electron chi connectivity index (χ0n) is 13.3. The molecule has 0 heterocycles. The molecule has 0 N–H and O–H groups in total. The molecule has 0 aliphatic heterocycles. The summed E-state index contributed by atoms with van der Waals surface area (Å²) in [4.78, 5) is 2.62. The fourth-order valence-corrected chi connectivity index (χ4v) is 3.32. The van der Waals surface area contributed by atoms with Crippen LogP contribution in [0.5, 0.6) is 0 Å². The predicted octanol–water partition coefficient (Wildman–Crippen LogP) is 4.11. The van der Waals surface area contributed by atoms with Gasteiger partial charge in [-0.15, -0.1) is 0 Å². The van der Waals surface area contributed by atoms with E-state index in [1.54, 1.807) is 7.11 Å². The van der Waals surface area contributed by atoms with E-state index in [9.17, 15) is 0 Å². The Balaban J connectivity index is 1.66. The van der Waals surface area contributed by atoms with Crippen molar-refractivity contribution in [3.8, 4) is 0 Å². The second kappa shape index (κ2) is 7.57. The van der Waals surface area contributed by atoms with Gasteiger partial charge < -0.3 is 4.74 Å². The third kappa shape index (κ3) is 3.96. The Morgan fingerprint density at radius 3 is 1.82 bits per heavy atom. The quantitative estimate of drug-likeness (QED) is 0.762. The molecule has 1 fully saturated rings. The average molecular weight is 295 g/mol. The van der Waals surface area contributed by atoms with E-state index in [4.69, 9.17) is 4.74 Å². The van der Waals surface area contributed by atoms with Gasteiger partial charge >= 0.3 is 0 Å². The van der Waals surface area contributed by atoms with E-state index in [2.05, 4.69) is 65.6 Å². The molecule has 116 valence electrons. The lowest BCUT2D eigenvalue weighted by Crippen LogP contribution is -2.45. The Labute approximate surface area is 133 Å². The van der Waals surface area contributed by atoms with Gasteiger partial charge in [-0.2, -0.15) is 0 Å². The van der Waals surface area contributed by atoms with Gasteiger partial charge in [-0.1, -0.05) is 60.7 Å². The van der Waals surface area contributed by atoms with Gasteiger partial charge in [0.1, 0.15) is 0 Å². The maximum atomic E-state index is 5.29. The number of nitrogens with zero attached hydrogens (tertiary/aromatic N) is 1. The predicted molar refractivity (Wildman–Crippen MR) is 90.5 cm³/mol. The molecule has 0 unspecified atom stereocenters. The molecule has 3 rings (SSSR count). The number of methoxy groups -OCH3 is 1. The standard InChI is InChI=1S/C20H25NO/c1-22-16-19-12-20(13-19)21(14-17-8-4-2-5-9-17)15-18-10-6-3-7-11-18/h2-11,19-20H,12-16H2,1H3/t19-,20+. The number of rotatable bonds is 7. The van der Waals surface area contributed by atoms with E-state index in [0.717, 1.165) is 25.6 Å². The fraction of sp³-hybridized carbons (Fsp3) is 0.400. The summed E-state index contributed by atoms with van der Waals surface area (Å²) in [5.41, 5.74) is 2.79. The normalized spacial score (nSPS) is 20.8. The molecule has 1 aliphatic carbocycles. The van der Waals surface area contributed by atoms with Crippen LogP contribution in [0.4, 0.5) is 0 Å². The minimum Gasteiger partial charge on any atom is -0.384 e. The molecule has 0 bridgehead atoms. The second-order valence-corrected chi connectivity index (χ2v) is 6.32. The van der Waals surface area contributed by atoms with Crippen LogP contribution in [0.25, 0.3) is 0 Å². The van der Waals surface area contributed by atoms with E-state index in [-0.39, 0.29) is 0 Å². The lowest BCUT2D eigenvalue weighted by Gasteiger charge is -2.43. The van der Waals surface area contributed by atoms with Crippen molar-refractivity contribution in [1.29, 1.82) is 0 Å². The maximum absolute atomic E-state index is 5.29. The van der Waals surface area contributed by atoms with Crippen molar-refractivity contribution in [2.45, 2.75) is 32.0 Å². The smallest absolute Gasteiger partial charge is 0.0491 e. The Morgan fingerprint density at radius 2 is 1.36 bits per heavy atom. The first kappa shape index (κ1) is 15.3. The molecule has 0 radical (unpaired) electrons. The van der Waals surface area contributed by atoms with Crippen LogP contribution < -0.4 is 0 Å². The van der Waals surface area contributed by atoms with Crippen molar-refractivity contribution in [3.05, 3.63) is 71.8 Å². The van der Waals surface area contributed by atoms with Crippen molar-refractivity contribution < 1.29 is 4.74 Å². The Hall–Kier alpha value is -1.64. The van der Waals surface area contributed by atoms with Crippen molar-refractivity contribution in [2.24, 2.45) is 5.92 Å². The molecule has 2 aromatic carbocycles. The van der Waals surface area contributed by atoms with Crippen LogP contribution in [0, 0.1) is 5.92 Å². The summed E-state index contributed by atoms with van der Waals surface area (Å²) in [6.45, 7) is 2.96. The van der Waals surface area contributed by atoms with Crippen LogP contribution in [0.3, 0.4) is 0 Å². The van der Waals surface area contributed by atoms with E-state index in [0.29, 0.717) is 6.04 Å². The number of benzene rings is 2. The first-order chi connectivity index (χ1) is 10.8. The summed E-state index contributed by atoms with van der Waals surface area (Å²) in [6.07, 6.45) is 2.51. The lowest BCUT2D eigenvalue weighted by atomic mass is 9.79. The molecule has 1 aliphatic rings. The van der Waals surface area contributed by atoms with Gasteiger partial charge in [0, 0.05) is 32.8 Å². The molecule has 2 heteroatoms. The third-order valence-electron chi connectivity index (χ3n) is 4.59. The number of hydrogen-bond acceptors (Lipinski definition) is 2.